The number of aliphatic hydroxyl groups excluding tert-OH is 3. The van der Waals surface area contributed by atoms with Crippen molar-refractivity contribution >= 4 is 12.3 Å². The van der Waals surface area contributed by atoms with Gasteiger partial charge in [0, 0.05) is 17.8 Å². The predicted octanol–water partition coefficient (Wildman–Crippen LogP) is 0.607. The molecule has 32 heavy (non-hydrogen) atoms. The molecule has 1 fully saturated rings. The first-order valence-electron chi connectivity index (χ1n) is 9.86. The van der Waals surface area contributed by atoms with E-state index in [1.54, 1.807) is 43.3 Å². The Kier molecular flexibility index (Phi) is 7.31. The number of nitrogens with zero attached hydrogens (tertiary/aromatic N) is 3. The number of benzene rings is 1. The summed E-state index contributed by atoms with van der Waals surface area (Å²) in [6, 6.07) is 9.73. The van der Waals surface area contributed by atoms with Gasteiger partial charge in [-0.2, -0.15) is 0 Å². The Morgan fingerprint density at radius 3 is 2.47 bits per heavy atom. The second-order valence-corrected chi connectivity index (χ2v) is 7.15. The van der Waals surface area contributed by atoms with E-state index in [0.717, 1.165) is 21.4 Å². The summed E-state index contributed by atoms with van der Waals surface area (Å²) in [6.45, 7) is 3.91. The predicted molar refractivity (Wildman–Crippen MR) is 116 cm³/mol. The molecule has 1 saturated heterocycles. The topological polar surface area (TPSA) is 126 Å². The van der Waals surface area contributed by atoms with Crippen molar-refractivity contribution in [1.29, 1.82) is 0 Å². The first-order chi connectivity index (χ1) is 15.3. The highest BCUT2D eigenvalue weighted by Crippen LogP contribution is 2.29. The molecule has 0 saturated carbocycles. The van der Waals surface area contributed by atoms with E-state index in [-0.39, 0.29) is 11.3 Å². The number of aliphatic hydroxyl groups is 3. The summed E-state index contributed by atoms with van der Waals surface area (Å²) in [7, 11) is 0. The molecule has 0 aliphatic carbocycles. The quantitative estimate of drug-likeness (QED) is 0.423. The molecule has 3 N–H and O–H groups in total. The molecule has 0 radical (unpaired) electrons. The first-order valence-corrected chi connectivity index (χ1v) is 9.86. The molecule has 2 heterocycles. The Hall–Kier alpha value is -3.18. The molecule has 0 amide bonds. The molecule has 1 aromatic carbocycles. The van der Waals surface area contributed by atoms with Gasteiger partial charge in [0.15, 0.2) is 12.1 Å². The van der Waals surface area contributed by atoms with Crippen LogP contribution in [0.2, 0.25) is 0 Å². The van der Waals surface area contributed by atoms with Crippen molar-refractivity contribution < 1.29 is 24.4 Å². The van der Waals surface area contributed by atoms with Gasteiger partial charge >= 0.3 is 5.69 Å². The van der Waals surface area contributed by atoms with Crippen LogP contribution in [0.4, 0.5) is 4.39 Å². The molecular formula is C22H24FN3O6. The number of ether oxygens (including phenoxy) is 1. The number of aliphatic imine (C=N–C) groups is 1. The second kappa shape index (κ2) is 9.96. The third-order valence-electron chi connectivity index (χ3n) is 5.25. The molecule has 9 nitrogen and oxygen atoms in total. The van der Waals surface area contributed by atoms with Crippen molar-refractivity contribution in [3.05, 3.63) is 86.6 Å². The minimum absolute atomic E-state index is 0.223. The summed E-state index contributed by atoms with van der Waals surface area (Å²) in [5, 5.41) is 29.4. The minimum Gasteiger partial charge on any atom is -0.394 e. The van der Waals surface area contributed by atoms with Gasteiger partial charge in [0.25, 0.3) is 5.56 Å². The van der Waals surface area contributed by atoms with Crippen LogP contribution < -0.4 is 11.2 Å². The second-order valence-electron chi connectivity index (χ2n) is 7.15. The number of hydrogen-bond donors (Lipinski definition) is 3. The van der Waals surface area contributed by atoms with Crippen molar-refractivity contribution in [2.75, 3.05) is 6.61 Å². The molecule has 2 aromatic rings. The molecule has 10 heteroatoms. The Labute approximate surface area is 182 Å². The van der Waals surface area contributed by atoms with Crippen molar-refractivity contribution in [2.24, 2.45) is 4.99 Å². The van der Waals surface area contributed by atoms with Gasteiger partial charge in [-0.25, -0.2) is 9.18 Å². The van der Waals surface area contributed by atoms with Gasteiger partial charge in [0.2, 0.25) is 0 Å². The molecular weight excluding hydrogens is 421 g/mol. The fourth-order valence-corrected chi connectivity index (χ4v) is 3.51. The van der Waals surface area contributed by atoms with Crippen LogP contribution in [-0.4, -0.2) is 56.1 Å². The minimum atomic E-state index is -1.52. The van der Waals surface area contributed by atoms with Crippen LogP contribution >= 0.6 is 0 Å². The van der Waals surface area contributed by atoms with Crippen LogP contribution in [0.15, 0.2) is 74.8 Å². The normalized spacial score (nSPS) is 24.3. The number of rotatable bonds is 7. The highest BCUT2D eigenvalue weighted by Gasteiger charge is 2.43. The van der Waals surface area contributed by atoms with Crippen molar-refractivity contribution in [3.63, 3.8) is 0 Å². The van der Waals surface area contributed by atoms with E-state index < -0.39 is 54.8 Å². The van der Waals surface area contributed by atoms with Crippen LogP contribution in [-0.2, 0) is 11.3 Å². The average Bonchev–Trinajstić information content (AvgIpc) is 3.09. The van der Waals surface area contributed by atoms with Crippen molar-refractivity contribution in [1.82, 2.24) is 9.13 Å². The van der Waals surface area contributed by atoms with Crippen molar-refractivity contribution in [3.8, 4) is 0 Å². The van der Waals surface area contributed by atoms with Gasteiger partial charge in [0.1, 0.15) is 18.3 Å². The standard InChI is InChI=1S/C22H24FN3O6/c1-3-14(13-7-5-4-6-8-13)18(23)15(24-2)11-26-17(28)9-10-25(22(26)31)21-20(30)19(29)16(12-27)32-21/h3-10,16,19-21,27,29-30H,2,11-12H2,1H3/b14-3-,18-15+/t16-,19?,20?,21-/m1/s1. The molecule has 1 aliphatic rings. The Balaban J connectivity index is 2.02. The van der Waals surface area contributed by atoms with Gasteiger partial charge in [-0.15, -0.1) is 0 Å². The third kappa shape index (κ3) is 4.39. The van der Waals surface area contributed by atoms with E-state index in [1.807, 2.05) is 0 Å². The summed E-state index contributed by atoms with van der Waals surface area (Å²) in [5.41, 5.74) is -1.07. The SMILES string of the molecule is C=N/C(Cn1c(=O)ccn([C@@H]2O[C@H](CO)C(O)C2O)c1=O)=C(F)\C(=C/C)c1ccccc1. The zero-order valence-corrected chi connectivity index (χ0v) is 17.3. The molecule has 1 aliphatic heterocycles. The van der Waals surface area contributed by atoms with Crippen LogP contribution in [0.3, 0.4) is 0 Å². The summed E-state index contributed by atoms with van der Waals surface area (Å²) < 4.78 is 22.3. The van der Waals surface area contributed by atoms with Gasteiger partial charge < -0.3 is 20.1 Å². The van der Waals surface area contributed by atoms with E-state index in [1.165, 1.54) is 0 Å². The molecule has 3 rings (SSSR count). The number of aromatic nitrogens is 2. The molecule has 2 unspecified atom stereocenters. The molecule has 4 atom stereocenters. The monoisotopic (exact) mass is 445 g/mol. The maximum atomic E-state index is 15.3. The van der Waals surface area contributed by atoms with Crippen LogP contribution in [0.5, 0.6) is 0 Å². The molecule has 1 aromatic heterocycles. The largest absolute Gasteiger partial charge is 0.394 e. The average molecular weight is 445 g/mol. The fourth-order valence-electron chi connectivity index (χ4n) is 3.51. The van der Waals surface area contributed by atoms with E-state index in [2.05, 4.69) is 11.7 Å². The lowest BCUT2D eigenvalue weighted by molar-refractivity contribution is -0.0555. The Morgan fingerprint density at radius 2 is 1.91 bits per heavy atom. The Bertz CT molecular complexity index is 1150. The van der Waals surface area contributed by atoms with E-state index in [0.29, 0.717) is 5.56 Å². The summed E-state index contributed by atoms with van der Waals surface area (Å²) in [6.07, 6.45) is -2.75. The molecule has 0 bridgehead atoms. The third-order valence-corrected chi connectivity index (χ3v) is 5.25. The maximum Gasteiger partial charge on any atom is 0.333 e. The first kappa shape index (κ1) is 23.5. The molecule has 0 spiro atoms. The number of halogens is 1. The lowest BCUT2D eigenvalue weighted by atomic mass is 10.0. The van der Waals surface area contributed by atoms with E-state index in [9.17, 15) is 24.9 Å². The lowest BCUT2D eigenvalue weighted by Gasteiger charge is -2.19. The van der Waals surface area contributed by atoms with Crippen LogP contribution in [0.25, 0.3) is 5.57 Å². The summed E-state index contributed by atoms with van der Waals surface area (Å²) in [4.78, 5) is 29.1. The summed E-state index contributed by atoms with van der Waals surface area (Å²) >= 11 is 0. The fraction of sp³-hybridized carbons (Fsp3) is 0.318. The highest BCUT2D eigenvalue weighted by atomic mass is 19.1. The zero-order valence-electron chi connectivity index (χ0n) is 17.3. The number of allylic oxidation sites excluding steroid dienone is 4. The van der Waals surface area contributed by atoms with Gasteiger partial charge in [-0.3, -0.25) is 18.9 Å². The molecule has 170 valence electrons. The van der Waals surface area contributed by atoms with Crippen molar-refractivity contribution in [2.45, 2.75) is 38.0 Å². The van der Waals surface area contributed by atoms with E-state index in [4.69, 9.17) is 4.74 Å². The number of hydrogen-bond acceptors (Lipinski definition) is 7. The maximum absolute atomic E-state index is 15.3. The van der Waals surface area contributed by atoms with Gasteiger partial charge in [-0.05, 0) is 19.2 Å². The van der Waals surface area contributed by atoms with Gasteiger partial charge in [0.05, 0.1) is 18.8 Å². The summed E-state index contributed by atoms with van der Waals surface area (Å²) in [5.74, 6) is -0.747. The Morgan fingerprint density at radius 1 is 1.22 bits per heavy atom. The lowest BCUT2D eigenvalue weighted by Crippen LogP contribution is -2.43. The highest BCUT2D eigenvalue weighted by molar-refractivity contribution is 5.77. The van der Waals surface area contributed by atoms with Gasteiger partial charge in [-0.1, -0.05) is 36.4 Å². The zero-order chi connectivity index (χ0) is 23.4. The van der Waals surface area contributed by atoms with Crippen LogP contribution in [0, 0.1) is 0 Å². The van der Waals surface area contributed by atoms with Crippen LogP contribution in [0.1, 0.15) is 18.7 Å². The van der Waals surface area contributed by atoms with E-state index >= 15 is 4.39 Å². The smallest absolute Gasteiger partial charge is 0.333 e.